The maximum Gasteiger partial charge on any atom is 0.263 e. The molecule has 0 saturated carbocycles. The van der Waals surface area contributed by atoms with E-state index in [2.05, 4.69) is 40.8 Å². The second kappa shape index (κ2) is 13.2. The minimum atomic E-state index is -1.88. The molecule has 0 aromatic heterocycles. The highest BCUT2D eigenvalue weighted by Crippen LogP contribution is 2.52. The van der Waals surface area contributed by atoms with Gasteiger partial charge in [-0.1, -0.05) is 46.8 Å². The summed E-state index contributed by atoms with van der Waals surface area (Å²) in [7, 11) is -1.88. The third-order valence-corrected chi connectivity index (χ3v) is 7.83. The lowest BCUT2D eigenvalue weighted by molar-refractivity contribution is -0.123. The lowest BCUT2D eigenvalue weighted by atomic mass is 9.83. The molecule has 3 rings (SSSR count). The quantitative estimate of drug-likeness (QED) is 0.161. The number of anilines is 1. The highest BCUT2D eigenvalue weighted by Gasteiger charge is 2.40. The first-order valence-corrected chi connectivity index (χ1v) is 15.6. The van der Waals surface area contributed by atoms with Crippen LogP contribution in [0.25, 0.3) is 0 Å². The van der Waals surface area contributed by atoms with Crippen molar-refractivity contribution in [2.24, 2.45) is 0 Å². The minimum absolute atomic E-state index is 0.00301. The lowest BCUT2D eigenvalue weighted by Crippen LogP contribution is -2.51. The van der Waals surface area contributed by atoms with Crippen LogP contribution in [0.15, 0.2) is 58.7 Å². The normalized spacial score (nSPS) is 18.0. The maximum absolute atomic E-state index is 12.1. The number of fused-ring (bicyclic) bond motifs is 1. The predicted octanol–water partition coefficient (Wildman–Crippen LogP) is 4.52. The van der Waals surface area contributed by atoms with Crippen molar-refractivity contribution in [3.8, 4) is 0 Å². The number of benzene rings is 1. The van der Waals surface area contributed by atoms with Crippen LogP contribution in [-0.2, 0) is 19.8 Å². The van der Waals surface area contributed by atoms with Crippen molar-refractivity contribution in [3.63, 3.8) is 0 Å². The Morgan fingerprint density at radius 2 is 1.74 bits per heavy atom. The van der Waals surface area contributed by atoms with Gasteiger partial charge in [-0.2, -0.15) is 0 Å². The van der Waals surface area contributed by atoms with Crippen LogP contribution in [0.4, 0.5) is 5.69 Å². The molecule has 1 saturated heterocycles. The van der Waals surface area contributed by atoms with Gasteiger partial charge in [-0.25, -0.2) is 0 Å². The Morgan fingerprint density at radius 1 is 1.13 bits per heavy atom. The summed E-state index contributed by atoms with van der Waals surface area (Å²) in [5.41, 5.74) is 2.84. The number of carbonyl (C=O) groups excluding carboxylic acids is 3. The maximum atomic E-state index is 12.1. The first-order chi connectivity index (χ1) is 17.9. The van der Waals surface area contributed by atoms with Gasteiger partial charge in [0.2, 0.25) is 5.91 Å². The Hall–Kier alpha value is -2.95. The van der Waals surface area contributed by atoms with Crippen LogP contribution in [0, 0.1) is 0 Å². The van der Waals surface area contributed by atoms with Crippen LogP contribution in [0.1, 0.15) is 53.0 Å². The zero-order valence-corrected chi connectivity index (χ0v) is 24.9. The van der Waals surface area contributed by atoms with Gasteiger partial charge in [-0.3, -0.25) is 25.0 Å². The molecule has 1 fully saturated rings. The van der Waals surface area contributed by atoms with Gasteiger partial charge in [0.05, 0.1) is 0 Å². The molecule has 4 N–H and O–H groups in total. The molecule has 208 valence electrons. The van der Waals surface area contributed by atoms with E-state index in [0.29, 0.717) is 19.5 Å². The molecule has 0 atom stereocenters. The Labute approximate surface area is 233 Å². The fourth-order valence-electron chi connectivity index (χ4n) is 4.22. The molecule has 38 heavy (non-hydrogen) atoms. The fraction of sp³-hybridized carbons (Fsp3) is 0.429. The Bertz CT molecular complexity index is 1160. The van der Waals surface area contributed by atoms with Crippen molar-refractivity contribution >= 4 is 51.0 Å². The van der Waals surface area contributed by atoms with Crippen molar-refractivity contribution < 1.29 is 18.9 Å². The largest absolute Gasteiger partial charge is 0.356 e. The molecule has 1 aromatic rings. The molecule has 0 unspecified atom stereocenters. The van der Waals surface area contributed by atoms with Gasteiger partial charge >= 0.3 is 0 Å². The Balaban J connectivity index is 0.00000247. The zero-order chi connectivity index (χ0) is 28.7. The van der Waals surface area contributed by atoms with Crippen molar-refractivity contribution in [3.05, 3.63) is 59.3 Å². The van der Waals surface area contributed by atoms with E-state index in [4.69, 9.17) is 12.2 Å². The second-order valence-electron chi connectivity index (χ2n) is 9.54. The van der Waals surface area contributed by atoms with E-state index < -0.39 is 22.1 Å². The average molecular weight is 561 g/mol. The van der Waals surface area contributed by atoms with E-state index >= 15 is 0 Å². The number of carbonyl (C=O) groups is 3. The van der Waals surface area contributed by atoms with Gasteiger partial charge in [0, 0.05) is 41.2 Å². The number of allylic oxidation sites excluding steroid dienone is 5. The van der Waals surface area contributed by atoms with Gasteiger partial charge in [0.15, 0.2) is 5.11 Å². The van der Waals surface area contributed by atoms with Crippen LogP contribution in [0.5, 0.6) is 0 Å². The standard InChI is InChI=1S/C26H34N4O4S2.C2H6/c1-6-22(31)27-14-9-15-30-20-13-12-17(36(4,5)34)16-19(20)26(2,3)21(30)11-8-7-10-18-23(32)28-25(35)29-24(18)33;1-2/h7-8,10-13,16,34H,6,9,14-15H2,1-5H3,(H,27,31)(H2,28,29,32,33,35);1-2H3/b8-7+,21-11+;. The van der Waals surface area contributed by atoms with Crippen LogP contribution in [-0.4, -0.2) is 53.0 Å². The molecule has 0 spiro atoms. The predicted molar refractivity (Wildman–Crippen MR) is 161 cm³/mol. The molecule has 2 aliphatic heterocycles. The van der Waals surface area contributed by atoms with Gasteiger partial charge in [-0.15, -0.1) is 10.3 Å². The van der Waals surface area contributed by atoms with Crippen molar-refractivity contribution in [2.45, 2.75) is 57.8 Å². The van der Waals surface area contributed by atoms with Gasteiger partial charge in [0.1, 0.15) is 5.57 Å². The van der Waals surface area contributed by atoms with Crippen LogP contribution in [0.3, 0.4) is 0 Å². The van der Waals surface area contributed by atoms with Crippen LogP contribution >= 0.6 is 22.5 Å². The summed E-state index contributed by atoms with van der Waals surface area (Å²) in [6, 6.07) is 6.11. The third-order valence-electron chi connectivity index (χ3n) is 6.21. The Kier molecular flexibility index (Phi) is 10.9. The lowest BCUT2D eigenvalue weighted by Gasteiger charge is -2.27. The minimum Gasteiger partial charge on any atom is -0.356 e. The van der Waals surface area contributed by atoms with Crippen molar-refractivity contribution in [1.82, 2.24) is 16.0 Å². The number of hydrogen-bond acceptors (Lipinski definition) is 6. The molecule has 1 aromatic carbocycles. The van der Waals surface area contributed by atoms with Crippen molar-refractivity contribution in [2.75, 3.05) is 30.5 Å². The number of rotatable bonds is 8. The number of amides is 3. The van der Waals surface area contributed by atoms with Gasteiger partial charge < -0.3 is 14.8 Å². The summed E-state index contributed by atoms with van der Waals surface area (Å²) in [5.74, 6) is -1.04. The molecule has 0 radical (unpaired) electrons. The fourth-order valence-corrected chi connectivity index (χ4v) is 5.21. The zero-order valence-electron chi connectivity index (χ0n) is 23.3. The third kappa shape index (κ3) is 7.33. The summed E-state index contributed by atoms with van der Waals surface area (Å²) in [6.45, 7) is 11.4. The highest BCUT2D eigenvalue weighted by atomic mass is 32.3. The van der Waals surface area contributed by atoms with Crippen LogP contribution in [0.2, 0.25) is 0 Å². The molecule has 8 nitrogen and oxygen atoms in total. The van der Waals surface area contributed by atoms with E-state index in [9.17, 15) is 18.9 Å². The molecular formula is C28H40N4O4S2. The van der Waals surface area contributed by atoms with E-state index in [1.54, 1.807) is 12.2 Å². The summed E-state index contributed by atoms with van der Waals surface area (Å²) < 4.78 is 10.7. The Morgan fingerprint density at radius 3 is 2.32 bits per heavy atom. The van der Waals surface area contributed by atoms with Crippen LogP contribution < -0.4 is 20.9 Å². The average Bonchev–Trinajstić information content (AvgIpc) is 3.06. The highest BCUT2D eigenvalue weighted by molar-refractivity contribution is 8.28. The molecule has 10 heteroatoms. The van der Waals surface area contributed by atoms with E-state index in [0.717, 1.165) is 28.3 Å². The number of nitrogens with zero attached hydrogens (tertiary/aromatic N) is 1. The molecular weight excluding hydrogens is 520 g/mol. The summed E-state index contributed by atoms with van der Waals surface area (Å²) in [6.07, 6.45) is 11.8. The molecule has 2 aliphatic rings. The first kappa shape index (κ1) is 31.3. The molecule has 3 amide bonds. The number of hydrogen-bond donors (Lipinski definition) is 4. The first-order valence-electron chi connectivity index (χ1n) is 12.8. The number of thiocarbonyl (C=S) groups is 1. The number of nitrogens with one attached hydrogen (secondary N) is 3. The topological polar surface area (TPSA) is 111 Å². The summed E-state index contributed by atoms with van der Waals surface area (Å²) >= 11 is 4.83. The molecule has 2 heterocycles. The summed E-state index contributed by atoms with van der Waals surface area (Å²) in [4.78, 5) is 38.9. The molecule has 0 aliphatic carbocycles. The second-order valence-corrected chi connectivity index (χ2v) is 13.0. The van der Waals surface area contributed by atoms with E-state index in [1.165, 1.54) is 6.08 Å². The van der Waals surface area contributed by atoms with E-state index in [-0.39, 0.29) is 22.0 Å². The van der Waals surface area contributed by atoms with E-state index in [1.807, 2.05) is 51.5 Å². The molecule has 0 bridgehead atoms. The van der Waals surface area contributed by atoms with Gasteiger partial charge in [-0.05, 0) is 67.1 Å². The smallest absolute Gasteiger partial charge is 0.263 e. The van der Waals surface area contributed by atoms with Gasteiger partial charge in [0.25, 0.3) is 11.8 Å². The summed E-state index contributed by atoms with van der Waals surface area (Å²) in [5, 5.41) is 7.76. The monoisotopic (exact) mass is 560 g/mol. The van der Waals surface area contributed by atoms with Crippen molar-refractivity contribution in [1.29, 1.82) is 0 Å². The SMILES string of the molecule is CC.CCC(=O)NCCCN1/C(=C/C=C/C=C2C(=O)NC(=S)NC2=O)C(C)(C)c2cc(S(C)(C)O)ccc21.